The SMILES string of the molecule is COC(CN1C(=O)C(=O)/C(=C(/C)Nc2ccccc2)C1c1ccccc1)OC. The topological polar surface area (TPSA) is 67.9 Å². The second kappa shape index (κ2) is 8.82. The highest BCUT2D eigenvalue weighted by Gasteiger charge is 2.45. The van der Waals surface area contributed by atoms with Crippen LogP contribution in [-0.2, 0) is 19.1 Å². The Bertz CT molecular complexity index is 861. The van der Waals surface area contributed by atoms with Crippen molar-refractivity contribution < 1.29 is 19.1 Å². The van der Waals surface area contributed by atoms with Gasteiger partial charge in [-0.1, -0.05) is 48.5 Å². The molecule has 6 nitrogen and oxygen atoms in total. The first-order chi connectivity index (χ1) is 13.6. The monoisotopic (exact) mass is 380 g/mol. The lowest BCUT2D eigenvalue weighted by Crippen LogP contribution is -2.38. The molecule has 1 unspecified atom stereocenters. The molecule has 2 aromatic rings. The predicted octanol–water partition coefficient (Wildman–Crippen LogP) is 3.14. The van der Waals surface area contributed by atoms with Crippen molar-refractivity contribution in [2.75, 3.05) is 26.1 Å². The summed E-state index contributed by atoms with van der Waals surface area (Å²) in [5, 5.41) is 3.25. The quantitative estimate of drug-likeness (QED) is 0.454. The Morgan fingerprint density at radius 1 is 1.00 bits per heavy atom. The third-order valence-corrected chi connectivity index (χ3v) is 4.78. The van der Waals surface area contributed by atoms with Crippen LogP contribution in [0.3, 0.4) is 0 Å². The number of Topliss-reactive ketones (excluding diaryl/α,β-unsaturated/α-hetero) is 1. The highest BCUT2D eigenvalue weighted by Crippen LogP contribution is 2.37. The number of anilines is 1. The van der Waals surface area contributed by atoms with Crippen LogP contribution in [0.15, 0.2) is 71.9 Å². The summed E-state index contributed by atoms with van der Waals surface area (Å²) in [4.78, 5) is 27.3. The van der Waals surface area contributed by atoms with E-state index in [1.54, 1.807) is 0 Å². The Morgan fingerprint density at radius 3 is 2.14 bits per heavy atom. The van der Waals surface area contributed by atoms with E-state index in [1.165, 1.54) is 19.1 Å². The van der Waals surface area contributed by atoms with Gasteiger partial charge in [0.25, 0.3) is 11.7 Å². The molecule has 2 aromatic carbocycles. The predicted molar refractivity (Wildman–Crippen MR) is 106 cm³/mol. The molecular weight excluding hydrogens is 356 g/mol. The minimum atomic E-state index is -0.621. The second-order valence-corrected chi connectivity index (χ2v) is 6.53. The molecule has 1 saturated heterocycles. The second-order valence-electron chi connectivity index (χ2n) is 6.53. The van der Waals surface area contributed by atoms with E-state index < -0.39 is 24.0 Å². The van der Waals surface area contributed by atoms with Gasteiger partial charge in [-0.3, -0.25) is 9.59 Å². The van der Waals surface area contributed by atoms with Crippen LogP contribution in [0.2, 0.25) is 0 Å². The fourth-order valence-electron chi connectivity index (χ4n) is 3.40. The number of carbonyl (C=O) groups is 2. The molecule has 1 atom stereocenters. The first-order valence-electron chi connectivity index (χ1n) is 9.05. The molecule has 3 rings (SSSR count). The molecular formula is C22H24N2O4. The van der Waals surface area contributed by atoms with E-state index in [1.807, 2.05) is 67.6 Å². The maximum absolute atomic E-state index is 12.9. The van der Waals surface area contributed by atoms with Crippen molar-refractivity contribution in [2.24, 2.45) is 0 Å². The molecule has 146 valence electrons. The molecule has 28 heavy (non-hydrogen) atoms. The standard InChI is InChI=1S/C22H24N2O4/c1-15(23-17-12-8-5-9-13-17)19-20(16-10-6-4-7-11-16)24(22(26)21(19)25)14-18(27-2)28-3/h4-13,18,20,23H,14H2,1-3H3/b19-15-. The van der Waals surface area contributed by atoms with Crippen LogP contribution < -0.4 is 5.32 Å². The van der Waals surface area contributed by atoms with E-state index in [-0.39, 0.29) is 6.54 Å². The van der Waals surface area contributed by atoms with Crippen LogP contribution in [0.25, 0.3) is 0 Å². The molecule has 0 aliphatic carbocycles. The van der Waals surface area contributed by atoms with Gasteiger partial charge < -0.3 is 19.7 Å². The smallest absolute Gasteiger partial charge is 0.295 e. The number of benzene rings is 2. The number of ketones is 1. The van der Waals surface area contributed by atoms with E-state index in [4.69, 9.17) is 9.47 Å². The zero-order valence-corrected chi connectivity index (χ0v) is 16.2. The summed E-state index contributed by atoms with van der Waals surface area (Å²) in [6, 6.07) is 18.5. The molecule has 1 heterocycles. The van der Waals surface area contributed by atoms with Crippen LogP contribution >= 0.6 is 0 Å². The largest absolute Gasteiger partial charge is 0.359 e. The highest BCUT2D eigenvalue weighted by atomic mass is 16.7. The number of methoxy groups -OCH3 is 2. The van der Waals surface area contributed by atoms with Gasteiger partial charge in [0.2, 0.25) is 0 Å². The van der Waals surface area contributed by atoms with Gasteiger partial charge in [0.15, 0.2) is 6.29 Å². The number of hydrogen-bond donors (Lipinski definition) is 1. The number of rotatable bonds is 7. The van der Waals surface area contributed by atoms with Crippen molar-refractivity contribution >= 4 is 17.4 Å². The summed E-state index contributed by atoms with van der Waals surface area (Å²) >= 11 is 0. The normalized spacial score (nSPS) is 18.7. The van der Waals surface area contributed by atoms with E-state index in [0.29, 0.717) is 11.3 Å². The fraction of sp³-hybridized carbons (Fsp3) is 0.273. The first kappa shape index (κ1) is 19.8. The van der Waals surface area contributed by atoms with Crippen molar-refractivity contribution in [1.82, 2.24) is 4.90 Å². The molecule has 0 bridgehead atoms. The molecule has 1 aliphatic rings. The Labute approximate surface area is 164 Å². The van der Waals surface area contributed by atoms with E-state index >= 15 is 0 Å². The Balaban J connectivity index is 2.04. The maximum atomic E-state index is 12.9. The highest BCUT2D eigenvalue weighted by molar-refractivity contribution is 6.45. The van der Waals surface area contributed by atoms with Crippen molar-refractivity contribution in [3.63, 3.8) is 0 Å². The lowest BCUT2D eigenvalue weighted by molar-refractivity contribution is -0.149. The van der Waals surface area contributed by atoms with Gasteiger partial charge >= 0.3 is 0 Å². The number of likely N-dealkylation sites (tertiary alicyclic amines) is 1. The van der Waals surface area contributed by atoms with E-state index in [0.717, 1.165) is 11.3 Å². The number of nitrogens with zero attached hydrogens (tertiary/aromatic N) is 1. The van der Waals surface area contributed by atoms with E-state index in [9.17, 15) is 9.59 Å². The molecule has 0 saturated carbocycles. The average Bonchev–Trinajstić information content (AvgIpc) is 2.98. The van der Waals surface area contributed by atoms with Crippen LogP contribution in [0.5, 0.6) is 0 Å². The van der Waals surface area contributed by atoms with E-state index in [2.05, 4.69) is 5.32 Å². The van der Waals surface area contributed by atoms with Gasteiger partial charge in [0.05, 0.1) is 18.2 Å². The molecule has 1 N–H and O–H groups in total. The number of carbonyl (C=O) groups excluding carboxylic acids is 2. The number of nitrogens with one attached hydrogen (secondary N) is 1. The number of para-hydroxylation sites is 1. The van der Waals surface area contributed by atoms with Crippen LogP contribution in [0.1, 0.15) is 18.5 Å². The minimum absolute atomic E-state index is 0.152. The number of amides is 1. The third kappa shape index (κ3) is 3.98. The van der Waals surface area contributed by atoms with Crippen LogP contribution in [-0.4, -0.2) is 43.6 Å². The Kier molecular flexibility index (Phi) is 6.23. The summed E-state index contributed by atoms with van der Waals surface area (Å²) in [6.45, 7) is 1.97. The molecule has 1 amide bonds. The van der Waals surface area contributed by atoms with Gasteiger partial charge in [-0.25, -0.2) is 0 Å². The van der Waals surface area contributed by atoms with Gasteiger partial charge in [-0.2, -0.15) is 0 Å². The molecule has 1 fully saturated rings. The first-order valence-corrected chi connectivity index (χ1v) is 9.05. The summed E-state index contributed by atoms with van der Waals surface area (Å²) in [5.41, 5.74) is 2.79. The molecule has 0 aromatic heterocycles. The summed E-state index contributed by atoms with van der Waals surface area (Å²) in [5.74, 6) is -1.07. The summed E-state index contributed by atoms with van der Waals surface area (Å²) in [6.07, 6.45) is -0.621. The van der Waals surface area contributed by atoms with Gasteiger partial charge in [0.1, 0.15) is 0 Å². The van der Waals surface area contributed by atoms with Crippen molar-refractivity contribution in [2.45, 2.75) is 19.3 Å². The molecule has 0 spiro atoms. The van der Waals surface area contributed by atoms with Crippen molar-refractivity contribution in [3.8, 4) is 0 Å². The molecule has 1 aliphatic heterocycles. The lowest BCUT2D eigenvalue weighted by atomic mass is 9.97. The Hall–Kier alpha value is -2.96. The molecule has 0 radical (unpaired) electrons. The third-order valence-electron chi connectivity index (χ3n) is 4.78. The van der Waals surface area contributed by atoms with Crippen LogP contribution in [0, 0.1) is 0 Å². The number of ether oxygens (including phenoxy) is 2. The minimum Gasteiger partial charge on any atom is -0.359 e. The molecule has 6 heteroatoms. The number of hydrogen-bond acceptors (Lipinski definition) is 5. The van der Waals surface area contributed by atoms with Crippen molar-refractivity contribution in [3.05, 3.63) is 77.5 Å². The van der Waals surface area contributed by atoms with Gasteiger partial charge in [-0.15, -0.1) is 0 Å². The lowest BCUT2D eigenvalue weighted by Gasteiger charge is -2.28. The van der Waals surface area contributed by atoms with Gasteiger partial charge in [0, 0.05) is 25.6 Å². The average molecular weight is 380 g/mol. The van der Waals surface area contributed by atoms with Gasteiger partial charge in [-0.05, 0) is 24.6 Å². The van der Waals surface area contributed by atoms with Crippen molar-refractivity contribution in [1.29, 1.82) is 0 Å². The van der Waals surface area contributed by atoms with Crippen LogP contribution in [0.4, 0.5) is 5.69 Å². The zero-order chi connectivity index (χ0) is 20.1. The summed E-state index contributed by atoms with van der Waals surface area (Å²) < 4.78 is 10.5. The zero-order valence-electron chi connectivity index (χ0n) is 16.2. The maximum Gasteiger partial charge on any atom is 0.295 e. The Morgan fingerprint density at radius 2 is 1.57 bits per heavy atom. The fourth-order valence-corrected chi connectivity index (χ4v) is 3.40. The number of allylic oxidation sites excluding steroid dienone is 1. The summed E-state index contributed by atoms with van der Waals surface area (Å²) in [7, 11) is 3.01.